The second-order valence-electron chi connectivity index (χ2n) is 3.12. The molecule has 11 heavy (non-hydrogen) atoms. The summed E-state index contributed by atoms with van der Waals surface area (Å²) in [5.41, 5.74) is 5.35. The summed E-state index contributed by atoms with van der Waals surface area (Å²) in [7, 11) is 1.78. The van der Waals surface area contributed by atoms with Gasteiger partial charge in [0.2, 0.25) is 0 Å². The summed E-state index contributed by atoms with van der Waals surface area (Å²) < 4.78 is 0.191. The molecule has 0 fully saturated rings. The van der Waals surface area contributed by atoms with E-state index in [1.54, 1.807) is 20.9 Å². The van der Waals surface area contributed by atoms with Gasteiger partial charge in [-0.2, -0.15) is 0 Å². The van der Waals surface area contributed by atoms with Gasteiger partial charge in [0.25, 0.3) is 0 Å². The van der Waals surface area contributed by atoms with E-state index in [-0.39, 0.29) is 4.48 Å². The number of aliphatic hydroxyl groups excluding tert-OH is 2. The van der Waals surface area contributed by atoms with Crippen LogP contribution in [0.4, 0.5) is 0 Å². The molecule has 0 bridgehead atoms. The monoisotopic (exact) mass is 163 g/mol. The Morgan fingerprint density at radius 1 is 1.27 bits per heavy atom. The van der Waals surface area contributed by atoms with Gasteiger partial charge in [0.1, 0.15) is 0 Å². The number of likely N-dealkylation sites (N-methyl/N-ethyl adjacent to an activating group) is 1. The highest BCUT2D eigenvalue weighted by Gasteiger charge is 2.31. The molecule has 0 aliphatic rings. The molecule has 0 rings (SSSR count). The minimum absolute atomic E-state index is 0.191. The average molecular weight is 163 g/mol. The first-order chi connectivity index (χ1) is 4.95. The zero-order valence-electron chi connectivity index (χ0n) is 7.49. The lowest BCUT2D eigenvalue weighted by Gasteiger charge is -2.39. The molecule has 0 aromatic carbocycles. The molecular formula is C7H19N2O2+. The van der Waals surface area contributed by atoms with Crippen LogP contribution in [0.2, 0.25) is 0 Å². The number of rotatable bonds is 4. The fourth-order valence-electron chi connectivity index (χ4n) is 0.964. The van der Waals surface area contributed by atoms with Gasteiger partial charge in [0.15, 0.2) is 12.5 Å². The molecule has 0 saturated heterocycles. The molecule has 68 valence electrons. The van der Waals surface area contributed by atoms with Gasteiger partial charge in [-0.25, -0.2) is 0 Å². The van der Waals surface area contributed by atoms with E-state index >= 15 is 0 Å². The lowest BCUT2D eigenvalue weighted by Crippen LogP contribution is -2.58. The van der Waals surface area contributed by atoms with Gasteiger partial charge >= 0.3 is 0 Å². The predicted octanol–water partition coefficient (Wildman–Crippen LogP) is -0.932. The molecule has 2 atom stereocenters. The topological polar surface area (TPSA) is 66.5 Å². The number of nitrogens with two attached hydrogens (primary N) is 1. The van der Waals surface area contributed by atoms with Crippen molar-refractivity contribution in [1.82, 2.24) is 0 Å². The van der Waals surface area contributed by atoms with Crippen molar-refractivity contribution in [3.8, 4) is 0 Å². The van der Waals surface area contributed by atoms with Crippen LogP contribution < -0.4 is 5.73 Å². The Bertz CT molecular complexity index is 107. The van der Waals surface area contributed by atoms with Crippen LogP contribution in [0.15, 0.2) is 0 Å². The van der Waals surface area contributed by atoms with Crippen LogP contribution in [0.1, 0.15) is 13.8 Å². The van der Waals surface area contributed by atoms with Crippen LogP contribution in [0, 0.1) is 0 Å². The summed E-state index contributed by atoms with van der Waals surface area (Å²) in [6, 6.07) is 0. The fourth-order valence-corrected chi connectivity index (χ4v) is 0.964. The summed E-state index contributed by atoms with van der Waals surface area (Å²) in [6.45, 7) is 4.35. The Balaban J connectivity index is 4.26. The standard InChI is InChI=1S/C7H19N2O2/c1-6(10)9(3,5-4-8)7(2)11/h6-7,10-11H,4-5,8H2,1-3H3/q+1. The predicted molar refractivity (Wildman–Crippen MR) is 43.5 cm³/mol. The SMILES string of the molecule is CC(O)[N+](C)(CCN)C(C)O. The average Bonchev–Trinajstić information content (AvgIpc) is 1.87. The van der Waals surface area contributed by atoms with E-state index in [9.17, 15) is 10.2 Å². The minimum atomic E-state index is -0.585. The normalized spacial score (nSPS) is 22.4. The Labute approximate surface area is 67.8 Å². The third-order valence-corrected chi connectivity index (χ3v) is 2.32. The van der Waals surface area contributed by atoms with Crippen molar-refractivity contribution in [3.05, 3.63) is 0 Å². The Morgan fingerprint density at radius 2 is 1.64 bits per heavy atom. The molecule has 0 spiro atoms. The summed E-state index contributed by atoms with van der Waals surface area (Å²) in [6.07, 6.45) is -1.17. The quantitative estimate of drug-likeness (QED) is 0.370. The Morgan fingerprint density at radius 3 is 1.73 bits per heavy atom. The van der Waals surface area contributed by atoms with Crippen molar-refractivity contribution in [1.29, 1.82) is 0 Å². The first-order valence-electron chi connectivity index (χ1n) is 3.86. The molecule has 0 aliphatic heterocycles. The van der Waals surface area contributed by atoms with Crippen molar-refractivity contribution in [2.45, 2.75) is 26.3 Å². The highest BCUT2D eigenvalue weighted by atomic mass is 16.3. The minimum Gasteiger partial charge on any atom is -0.345 e. The smallest absolute Gasteiger partial charge is 0.189 e. The van der Waals surface area contributed by atoms with E-state index in [0.717, 1.165) is 0 Å². The van der Waals surface area contributed by atoms with Gasteiger partial charge < -0.3 is 15.9 Å². The van der Waals surface area contributed by atoms with Crippen molar-refractivity contribution < 1.29 is 14.7 Å². The molecular weight excluding hydrogens is 144 g/mol. The van der Waals surface area contributed by atoms with E-state index in [2.05, 4.69) is 0 Å². The summed E-state index contributed by atoms with van der Waals surface area (Å²) in [5.74, 6) is 0. The van der Waals surface area contributed by atoms with Crippen LogP contribution in [0.3, 0.4) is 0 Å². The zero-order valence-corrected chi connectivity index (χ0v) is 7.49. The second kappa shape index (κ2) is 4.01. The van der Waals surface area contributed by atoms with Gasteiger partial charge in [0.05, 0.1) is 13.6 Å². The number of nitrogens with zero attached hydrogens (tertiary/aromatic N) is 1. The summed E-state index contributed by atoms with van der Waals surface area (Å²) >= 11 is 0. The Hall–Kier alpha value is -0.160. The molecule has 0 heterocycles. The molecule has 4 nitrogen and oxygen atoms in total. The molecule has 4 N–H and O–H groups in total. The van der Waals surface area contributed by atoms with Gasteiger partial charge in [-0.3, -0.25) is 4.48 Å². The van der Waals surface area contributed by atoms with Crippen molar-refractivity contribution in [2.75, 3.05) is 20.1 Å². The molecule has 0 aliphatic carbocycles. The maximum Gasteiger partial charge on any atom is 0.189 e. The maximum atomic E-state index is 9.33. The van der Waals surface area contributed by atoms with Crippen LogP contribution in [-0.2, 0) is 0 Å². The lowest BCUT2D eigenvalue weighted by atomic mass is 10.3. The first kappa shape index (κ1) is 10.8. The number of quaternary nitrogens is 1. The first-order valence-corrected chi connectivity index (χ1v) is 3.86. The van der Waals surface area contributed by atoms with E-state index in [0.29, 0.717) is 13.1 Å². The highest BCUT2D eigenvalue weighted by molar-refractivity contribution is 4.41. The van der Waals surface area contributed by atoms with Gasteiger partial charge in [-0.05, 0) is 0 Å². The summed E-state index contributed by atoms with van der Waals surface area (Å²) in [4.78, 5) is 0. The number of aliphatic hydroxyl groups is 2. The fraction of sp³-hybridized carbons (Fsp3) is 1.00. The van der Waals surface area contributed by atoms with Gasteiger partial charge in [-0.15, -0.1) is 0 Å². The summed E-state index contributed by atoms with van der Waals surface area (Å²) in [5, 5.41) is 18.7. The van der Waals surface area contributed by atoms with E-state index in [1.807, 2.05) is 0 Å². The molecule has 0 aromatic heterocycles. The van der Waals surface area contributed by atoms with Crippen LogP contribution in [0.5, 0.6) is 0 Å². The molecule has 4 heteroatoms. The lowest BCUT2D eigenvalue weighted by molar-refractivity contribution is -0.989. The second-order valence-corrected chi connectivity index (χ2v) is 3.12. The number of hydrogen-bond donors (Lipinski definition) is 3. The molecule has 0 aromatic rings. The third kappa shape index (κ3) is 2.41. The number of hydrogen-bond acceptors (Lipinski definition) is 3. The van der Waals surface area contributed by atoms with Gasteiger partial charge in [-0.1, -0.05) is 0 Å². The van der Waals surface area contributed by atoms with E-state index in [4.69, 9.17) is 5.73 Å². The highest BCUT2D eigenvalue weighted by Crippen LogP contribution is 2.11. The molecule has 0 saturated carbocycles. The van der Waals surface area contributed by atoms with Crippen molar-refractivity contribution >= 4 is 0 Å². The molecule has 2 unspecified atom stereocenters. The van der Waals surface area contributed by atoms with E-state index < -0.39 is 12.5 Å². The van der Waals surface area contributed by atoms with Crippen LogP contribution >= 0.6 is 0 Å². The largest absolute Gasteiger partial charge is 0.345 e. The molecule has 0 radical (unpaired) electrons. The van der Waals surface area contributed by atoms with Crippen LogP contribution in [0.25, 0.3) is 0 Å². The van der Waals surface area contributed by atoms with Gasteiger partial charge in [0, 0.05) is 20.4 Å². The van der Waals surface area contributed by atoms with Crippen molar-refractivity contribution in [3.63, 3.8) is 0 Å². The maximum absolute atomic E-state index is 9.33. The van der Waals surface area contributed by atoms with Crippen LogP contribution in [-0.4, -0.2) is 47.3 Å². The van der Waals surface area contributed by atoms with Crippen molar-refractivity contribution in [2.24, 2.45) is 5.73 Å². The third-order valence-electron chi connectivity index (χ3n) is 2.32. The Kier molecular flexibility index (Phi) is 3.96. The zero-order chi connectivity index (χ0) is 9.07. The molecule has 0 amide bonds. The van der Waals surface area contributed by atoms with E-state index in [1.165, 1.54) is 0 Å².